The summed E-state index contributed by atoms with van der Waals surface area (Å²) < 4.78 is 59.2. The Labute approximate surface area is 212 Å². The molecule has 0 heterocycles. The van der Waals surface area contributed by atoms with Gasteiger partial charge in [-0.25, -0.2) is 4.39 Å². The van der Waals surface area contributed by atoms with Crippen LogP contribution in [0.5, 0.6) is 5.75 Å². The van der Waals surface area contributed by atoms with Crippen LogP contribution in [-0.2, 0) is 11.0 Å². The maximum absolute atomic E-state index is 13.7. The Bertz CT molecular complexity index is 1210. The van der Waals surface area contributed by atoms with Crippen LogP contribution < -0.4 is 4.74 Å². The summed E-state index contributed by atoms with van der Waals surface area (Å²) in [7, 11) is 0. The first-order chi connectivity index (χ1) is 17.3. The highest BCUT2D eigenvalue weighted by molar-refractivity contribution is 5.67. The topological polar surface area (TPSA) is 87.0 Å². The molecule has 2 unspecified atom stereocenters. The minimum Gasteiger partial charge on any atom is -0.490 e. The van der Waals surface area contributed by atoms with Crippen molar-refractivity contribution in [2.75, 3.05) is 6.61 Å². The Morgan fingerprint density at radius 2 is 1.49 bits per heavy atom. The number of benzene rings is 3. The van der Waals surface area contributed by atoms with E-state index in [1.807, 2.05) is 19.1 Å². The van der Waals surface area contributed by atoms with E-state index in [0.717, 1.165) is 17.7 Å². The van der Waals surface area contributed by atoms with Gasteiger partial charge >= 0.3 is 12.1 Å². The summed E-state index contributed by atoms with van der Waals surface area (Å²) in [5.41, 5.74) is 2.50. The van der Waals surface area contributed by atoms with E-state index in [1.54, 1.807) is 19.1 Å². The van der Waals surface area contributed by atoms with Gasteiger partial charge in [-0.2, -0.15) is 13.2 Å². The first-order valence-corrected chi connectivity index (χ1v) is 11.6. The molecule has 0 radical (unpaired) electrons. The number of aliphatic hydroxyl groups is 2. The molecule has 3 aromatic carbocycles. The number of aryl methyl sites for hydroxylation is 2. The van der Waals surface area contributed by atoms with Crippen molar-refractivity contribution in [1.82, 2.24) is 0 Å². The molecule has 0 saturated heterocycles. The lowest BCUT2D eigenvalue weighted by Gasteiger charge is -2.25. The van der Waals surface area contributed by atoms with Gasteiger partial charge in [0.25, 0.3) is 0 Å². The van der Waals surface area contributed by atoms with E-state index in [1.165, 1.54) is 24.3 Å². The third kappa shape index (κ3) is 7.53. The van der Waals surface area contributed by atoms with E-state index in [0.29, 0.717) is 28.0 Å². The Balaban J connectivity index is 2.02. The van der Waals surface area contributed by atoms with Crippen LogP contribution in [0.25, 0.3) is 0 Å². The largest absolute Gasteiger partial charge is 0.490 e. The molecule has 3 aromatic rings. The number of hydrogen-bond acceptors (Lipinski definition) is 4. The fourth-order valence-electron chi connectivity index (χ4n) is 4.32. The van der Waals surface area contributed by atoms with Gasteiger partial charge in [0, 0.05) is 17.9 Å². The lowest BCUT2D eigenvalue weighted by molar-refractivity contribution is -0.140. The molecule has 3 atom stereocenters. The van der Waals surface area contributed by atoms with Crippen LogP contribution >= 0.6 is 0 Å². The van der Waals surface area contributed by atoms with Crippen molar-refractivity contribution in [1.29, 1.82) is 0 Å². The van der Waals surface area contributed by atoms with Gasteiger partial charge in [-0.3, -0.25) is 4.79 Å². The second kappa shape index (κ2) is 11.7. The smallest absolute Gasteiger partial charge is 0.416 e. The first kappa shape index (κ1) is 28.1. The molecular weight excluding hydrogens is 492 g/mol. The predicted molar refractivity (Wildman–Crippen MR) is 129 cm³/mol. The highest BCUT2D eigenvalue weighted by Crippen LogP contribution is 2.41. The minimum atomic E-state index is -4.50. The summed E-state index contributed by atoms with van der Waals surface area (Å²) in [6.07, 6.45) is -7.66. The molecule has 9 heteroatoms. The van der Waals surface area contributed by atoms with Crippen molar-refractivity contribution in [3.63, 3.8) is 0 Å². The van der Waals surface area contributed by atoms with Crippen LogP contribution in [0, 0.1) is 19.7 Å². The van der Waals surface area contributed by atoms with Crippen LogP contribution in [0.3, 0.4) is 0 Å². The SMILES string of the molecule is Cc1cc(C)c(OCC(O)C[C@@H](O)CC(=O)O)c(C(c2ccc(F)cc2)c2ccc(C(F)(F)F)cc2)c1. The summed E-state index contributed by atoms with van der Waals surface area (Å²) in [6, 6.07) is 14.0. The van der Waals surface area contributed by atoms with Crippen LogP contribution in [-0.4, -0.2) is 40.1 Å². The molecule has 0 bridgehead atoms. The van der Waals surface area contributed by atoms with Gasteiger partial charge in [-0.05, 0) is 54.8 Å². The van der Waals surface area contributed by atoms with Crippen LogP contribution in [0.1, 0.15) is 52.1 Å². The van der Waals surface area contributed by atoms with Crippen molar-refractivity contribution in [3.05, 3.63) is 99.9 Å². The van der Waals surface area contributed by atoms with Gasteiger partial charge in [0.2, 0.25) is 0 Å². The zero-order valence-electron chi connectivity index (χ0n) is 20.3. The van der Waals surface area contributed by atoms with E-state index < -0.39 is 48.1 Å². The standard InChI is InChI=1S/C28H28F4O5/c1-16-11-17(2)27(37-15-23(34)13-22(33)14-25(35)36)24(12-16)26(19-5-9-21(29)10-6-19)18-3-7-20(8-4-18)28(30,31)32/h3-12,22-23,26,33-34H,13-15H2,1-2H3,(H,35,36)/t22-,23?,26?/m1/s1. The molecule has 3 rings (SSSR count). The predicted octanol–water partition coefficient (Wildman–Crippen LogP) is 5.61. The lowest BCUT2D eigenvalue weighted by Crippen LogP contribution is -2.26. The Kier molecular flexibility index (Phi) is 8.94. The molecule has 0 aliphatic heterocycles. The number of carbonyl (C=O) groups is 1. The minimum absolute atomic E-state index is 0.215. The molecule has 37 heavy (non-hydrogen) atoms. The zero-order chi connectivity index (χ0) is 27.3. The number of hydrogen-bond donors (Lipinski definition) is 3. The maximum Gasteiger partial charge on any atom is 0.416 e. The number of carboxylic acid groups (broad SMARTS) is 1. The van der Waals surface area contributed by atoms with E-state index >= 15 is 0 Å². The normalized spacial score (nSPS) is 14.2. The number of ether oxygens (including phenoxy) is 1. The van der Waals surface area contributed by atoms with Crippen molar-refractivity contribution >= 4 is 5.97 Å². The fourth-order valence-corrected chi connectivity index (χ4v) is 4.32. The number of alkyl halides is 3. The van der Waals surface area contributed by atoms with E-state index in [2.05, 4.69) is 0 Å². The van der Waals surface area contributed by atoms with Crippen molar-refractivity contribution < 1.29 is 42.4 Å². The van der Waals surface area contributed by atoms with Gasteiger partial charge in [0.1, 0.15) is 18.2 Å². The van der Waals surface area contributed by atoms with Crippen LogP contribution in [0.4, 0.5) is 17.6 Å². The Morgan fingerprint density at radius 1 is 0.919 bits per heavy atom. The maximum atomic E-state index is 13.7. The van der Waals surface area contributed by atoms with Gasteiger partial charge < -0.3 is 20.1 Å². The Hall–Kier alpha value is -3.43. The lowest BCUT2D eigenvalue weighted by atomic mass is 9.83. The van der Waals surface area contributed by atoms with Crippen molar-refractivity contribution in [2.45, 2.75) is 51.0 Å². The van der Waals surface area contributed by atoms with Crippen molar-refractivity contribution in [3.8, 4) is 5.75 Å². The average Bonchev–Trinajstić information content (AvgIpc) is 2.79. The molecule has 0 aliphatic rings. The number of rotatable bonds is 10. The second-order valence-corrected chi connectivity index (χ2v) is 9.06. The molecule has 0 aromatic heterocycles. The third-order valence-electron chi connectivity index (χ3n) is 5.91. The molecular formula is C28H28F4O5. The van der Waals surface area contributed by atoms with Crippen LogP contribution in [0.15, 0.2) is 60.7 Å². The van der Waals surface area contributed by atoms with E-state index in [4.69, 9.17) is 9.84 Å². The van der Waals surface area contributed by atoms with Gasteiger partial charge in [0.05, 0.1) is 24.2 Å². The molecule has 0 spiro atoms. The molecule has 0 amide bonds. The first-order valence-electron chi connectivity index (χ1n) is 11.6. The summed E-state index contributed by atoms with van der Waals surface area (Å²) in [4.78, 5) is 10.8. The number of aliphatic carboxylic acids is 1. The summed E-state index contributed by atoms with van der Waals surface area (Å²) in [6.45, 7) is 3.38. The molecule has 5 nitrogen and oxygen atoms in total. The molecule has 0 aliphatic carbocycles. The van der Waals surface area contributed by atoms with Gasteiger partial charge in [-0.1, -0.05) is 42.0 Å². The quantitative estimate of drug-likeness (QED) is 0.239. The van der Waals surface area contributed by atoms with E-state index in [9.17, 15) is 32.6 Å². The number of halogens is 4. The third-order valence-corrected chi connectivity index (χ3v) is 5.91. The molecule has 0 saturated carbocycles. The average molecular weight is 521 g/mol. The summed E-state index contributed by atoms with van der Waals surface area (Å²) >= 11 is 0. The molecule has 198 valence electrons. The number of aliphatic hydroxyl groups excluding tert-OH is 2. The highest BCUT2D eigenvalue weighted by atomic mass is 19.4. The van der Waals surface area contributed by atoms with Gasteiger partial charge in [-0.15, -0.1) is 0 Å². The zero-order valence-corrected chi connectivity index (χ0v) is 20.3. The second-order valence-electron chi connectivity index (χ2n) is 9.06. The highest BCUT2D eigenvalue weighted by Gasteiger charge is 2.31. The summed E-state index contributed by atoms with van der Waals surface area (Å²) in [5, 5.41) is 28.9. The molecule has 0 fully saturated rings. The van der Waals surface area contributed by atoms with E-state index in [-0.39, 0.29) is 13.0 Å². The molecule has 3 N–H and O–H groups in total. The van der Waals surface area contributed by atoms with Crippen molar-refractivity contribution in [2.24, 2.45) is 0 Å². The Morgan fingerprint density at radius 3 is 2.03 bits per heavy atom. The van der Waals surface area contributed by atoms with Gasteiger partial charge in [0.15, 0.2) is 0 Å². The number of carboxylic acids is 1. The fraction of sp³-hybridized carbons (Fsp3) is 0.321. The van der Waals surface area contributed by atoms with Crippen LogP contribution in [0.2, 0.25) is 0 Å². The monoisotopic (exact) mass is 520 g/mol. The summed E-state index contributed by atoms with van der Waals surface area (Å²) in [5.74, 6) is -1.90.